The number of phenolic OH excluding ortho intramolecular Hbond substituents is 2. The van der Waals surface area contributed by atoms with Crippen LogP contribution in [0.2, 0.25) is 5.02 Å². The second-order valence-electron chi connectivity index (χ2n) is 5.58. The van der Waals surface area contributed by atoms with Crippen LogP contribution in [0.15, 0.2) is 17.2 Å². The van der Waals surface area contributed by atoms with Crippen LogP contribution in [0.4, 0.5) is 0 Å². The van der Waals surface area contributed by atoms with Crippen LogP contribution in [0.25, 0.3) is 0 Å². The van der Waals surface area contributed by atoms with Gasteiger partial charge in [0, 0.05) is 6.04 Å². The molecule has 0 radical (unpaired) electrons. The van der Waals surface area contributed by atoms with E-state index >= 15 is 0 Å². The lowest BCUT2D eigenvalue weighted by Gasteiger charge is -2.30. The molecule has 1 fully saturated rings. The summed E-state index contributed by atoms with van der Waals surface area (Å²) in [4.78, 5) is 0. The summed E-state index contributed by atoms with van der Waals surface area (Å²) in [6, 6.07) is 3.25. The van der Waals surface area contributed by atoms with Gasteiger partial charge in [0.25, 0.3) is 0 Å². The molecule has 1 saturated carbocycles. The first kappa shape index (κ1) is 16.8. The third-order valence-electron chi connectivity index (χ3n) is 3.87. The van der Waals surface area contributed by atoms with Gasteiger partial charge in [0.15, 0.2) is 16.6 Å². The molecule has 0 heterocycles. The van der Waals surface area contributed by atoms with E-state index in [1.165, 1.54) is 37.6 Å². The Morgan fingerprint density at radius 1 is 1.36 bits per heavy atom. The van der Waals surface area contributed by atoms with Gasteiger partial charge in [-0.3, -0.25) is 5.43 Å². The molecule has 2 atom stereocenters. The number of thiocarbonyl (C=S) groups is 1. The van der Waals surface area contributed by atoms with Gasteiger partial charge in [-0.25, -0.2) is 0 Å². The topological polar surface area (TPSA) is 76.9 Å². The molecule has 1 aliphatic carbocycles. The predicted octanol–water partition coefficient (Wildman–Crippen LogP) is 3.13. The van der Waals surface area contributed by atoms with Gasteiger partial charge in [0.1, 0.15) is 0 Å². The fourth-order valence-electron chi connectivity index (χ4n) is 2.58. The Bertz CT molecular complexity index is 557. The van der Waals surface area contributed by atoms with E-state index in [1.807, 2.05) is 0 Å². The Morgan fingerprint density at radius 3 is 2.77 bits per heavy atom. The van der Waals surface area contributed by atoms with E-state index in [9.17, 15) is 10.2 Å². The normalized spacial score (nSPS) is 21.7. The van der Waals surface area contributed by atoms with E-state index in [0.29, 0.717) is 22.6 Å². The maximum Gasteiger partial charge on any atom is 0.187 e. The van der Waals surface area contributed by atoms with Crippen LogP contribution in [0.5, 0.6) is 11.5 Å². The average molecular weight is 342 g/mol. The number of rotatable bonds is 3. The molecule has 4 N–H and O–H groups in total. The molecule has 1 aromatic carbocycles. The molecule has 22 heavy (non-hydrogen) atoms. The molecule has 0 spiro atoms. The van der Waals surface area contributed by atoms with Gasteiger partial charge in [0.2, 0.25) is 0 Å². The molecule has 7 heteroatoms. The molecular formula is C15H20ClN3O2S. The maximum atomic E-state index is 9.48. The summed E-state index contributed by atoms with van der Waals surface area (Å²) in [5.74, 6) is -0.0220. The van der Waals surface area contributed by atoms with Crippen molar-refractivity contribution in [1.82, 2.24) is 10.7 Å². The number of hydrazone groups is 1. The number of aromatic hydroxyl groups is 2. The number of nitrogens with zero attached hydrogens (tertiary/aromatic N) is 1. The second kappa shape index (κ2) is 7.65. The summed E-state index contributed by atoms with van der Waals surface area (Å²) in [6.45, 7) is 2.23. The SMILES string of the molecule is C[C@H]1CCCC[C@H]1NC(=S)N/N=C/c1cc(O)c(O)c(Cl)c1. The zero-order valence-electron chi connectivity index (χ0n) is 12.3. The number of benzene rings is 1. The standard InChI is InChI=1S/C15H20ClN3O2S/c1-9-4-2-3-5-12(9)18-15(22)19-17-8-10-6-11(16)14(21)13(20)7-10/h6-9,12,20-21H,2-5H2,1H3,(H2,18,19,22)/b17-8+/t9-,12+/m0/s1. The summed E-state index contributed by atoms with van der Waals surface area (Å²) in [6.07, 6.45) is 6.31. The molecule has 120 valence electrons. The van der Waals surface area contributed by atoms with Crippen LogP contribution >= 0.6 is 23.8 Å². The van der Waals surface area contributed by atoms with Gasteiger partial charge >= 0.3 is 0 Å². The molecule has 1 aliphatic rings. The van der Waals surface area contributed by atoms with E-state index in [2.05, 4.69) is 22.8 Å². The van der Waals surface area contributed by atoms with Gasteiger partial charge in [-0.1, -0.05) is 31.4 Å². The average Bonchev–Trinajstić information content (AvgIpc) is 2.47. The Morgan fingerprint density at radius 2 is 2.09 bits per heavy atom. The Hall–Kier alpha value is -1.53. The van der Waals surface area contributed by atoms with Crippen molar-refractivity contribution in [1.29, 1.82) is 0 Å². The zero-order chi connectivity index (χ0) is 16.1. The quantitative estimate of drug-likeness (QED) is 0.294. The maximum absolute atomic E-state index is 9.48. The predicted molar refractivity (Wildman–Crippen MR) is 92.7 cm³/mol. The molecule has 1 aromatic rings. The number of hydrogen-bond donors (Lipinski definition) is 4. The fourth-order valence-corrected chi connectivity index (χ4v) is 3.00. The molecule has 2 rings (SSSR count). The highest BCUT2D eigenvalue weighted by Crippen LogP contribution is 2.33. The number of phenols is 2. The van der Waals surface area contributed by atoms with E-state index < -0.39 is 0 Å². The smallest absolute Gasteiger partial charge is 0.187 e. The van der Waals surface area contributed by atoms with Crippen LogP contribution in [-0.2, 0) is 0 Å². The lowest BCUT2D eigenvalue weighted by Crippen LogP contribution is -2.44. The minimum Gasteiger partial charge on any atom is -0.504 e. The first-order valence-corrected chi connectivity index (χ1v) is 8.07. The first-order valence-electron chi connectivity index (χ1n) is 7.28. The zero-order valence-corrected chi connectivity index (χ0v) is 13.9. The van der Waals surface area contributed by atoms with E-state index in [1.54, 1.807) is 0 Å². The summed E-state index contributed by atoms with van der Waals surface area (Å²) >= 11 is 11.0. The monoisotopic (exact) mass is 341 g/mol. The van der Waals surface area contributed by atoms with Crippen LogP contribution in [0, 0.1) is 5.92 Å². The number of hydrogen-bond acceptors (Lipinski definition) is 4. The highest BCUT2D eigenvalue weighted by molar-refractivity contribution is 7.80. The van der Waals surface area contributed by atoms with Crippen molar-refractivity contribution in [2.24, 2.45) is 11.0 Å². The molecule has 0 saturated heterocycles. The Kier molecular flexibility index (Phi) is 5.85. The van der Waals surface area contributed by atoms with E-state index in [-0.39, 0.29) is 16.5 Å². The second-order valence-corrected chi connectivity index (χ2v) is 6.40. The van der Waals surface area contributed by atoms with Crippen LogP contribution in [-0.4, -0.2) is 27.6 Å². The van der Waals surface area contributed by atoms with Crippen molar-refractivity contribution >= 4 is 35.1 Å². The van der Waals surface area contributed by atoms with Crippen LogP contribution in [0.1, 0.15) is 38.2 Å². The van der Waals surface area contributed by atoms with Crippen molar-refractivity contribution in [2.75, 3.05) is 0 Å². The van der Waals surface area contributed by atoms with E-state index in [0.717, 1.165) is 6.42 Å². The van der Waals surface area contributed by atoms with Crippen LogP contribution < -0.4 is 10.7 Å². The molecule has 0 aliphatic heterocycles. The third-order valence-corrected chi connectivity index (χ3v) is 4.37. The Balaban J connectivity index is 1.88. The van der Waals surface area contributed by atoms with Gasteiger partial charge in [-0.2, -0.15) is 5.10 Å². The van der Waals surface area contributed by atoms with Crippen LogP contribution in [0.3, 0.4) is 0 Å². The summed E-state index contributed by atoms with van der Waals surface area (Å²) in [5.41, 5.74) is 3.31. The van der Waals surface area contributed by atoms with E-state index in [4.69, 9.17) is 23.8 Å². The third kappa shape index (κ3) is 4.48. The first-order chi connectivity index (χ1) is 10.5. The van der Waals surface area contributed by atoms with Gasteiger partial charge < -0.3 is 15.5 Å². The van der Waals surface area contributed by atoms with Crippen molar-refractivity contribution in [3.63, 3.8) is 0 Å². The Labute approximate surface area is 140 Å². The molecule has 0 aromatic heterocycles. The van der Waals surface area contributed by atoms with Gasteiger partial charge in [-0.05, 0) is 48.7 Å². The molecule has 0 bridgehead atoms. The largest absolute Gasteiger partial charge is 0.504 e. The lowest BCUT2D eigenvalue weighted by molar-refractivity contribution is 0.308. The highest BCUT2D eigenvalue weighted by Gasteiger charge is 2.21. The highest BCUT2D eigenvalue weighted by atomic mass is 35.5. The lowest BCUT2D eigenvalue weighted by atomic mass is 9.86. The van der Waals surface area contributed by atoms with Crippen molar-refractivity contribution in [2.45, 2.75) is 38.6 Å². The van der Waals surface area contributed by atoms with Crippen molar-refractivity contribution < 1.29 is 10.2 Å². The molecule has 0 amide bonds. The van der Waals surface area contributed by atoms with Crippen molar-refractivity contribution in [3.05, 3.63) is 22.7 Å². The van der Waals surface area contributed by atoms with Crippen molar-refractivity contribution in [3.8, 4) is 11.5 Å². The number of halogens is 1. The number of nitrogens with one attached hydrogen (secondary N) is 2. The minimum absolute atomic E-state index is 0.0678. The molecule has 0 unspecified atom stereocenters. The molecular weight excluding hydrogens is 322 g/mol. The summed E-state index contributed by atoms with van der Waals surface area (Å²) < 4.78 is 0. The molecule has 5 nitrogen and oxygen atoms in total. The van der Waals surface area contributed by atoms with Gasteiger partial charge in [0.05, 0.1) is 11.2 Å². The minimum atomic E-state index is -0.338. The van der Waals surface area contributed by atoms with Gasteiger partial charge in [-0.15, -0.1) is 0 Å². The fraction of sp³-hybridized carbons (Fsp3) is 0.467. The summed E-state index contributed by atoms with van der Waals surface area (Å²) in [5, 5.41) is 26.7. The summed E-state index contributed by atoms with van der Waals surface area (Å²) in [7, 11) is 0.